The molecule has 96 valence electrons. The highest BCUT2D eigenvalue weighted by atomic mass is 32.1. The highest BCUT2D eigenvalue weighted by molar-refractivity contribution is 7.09. The second-order valence-corrected chi connectivity index (χ2v) is 5.34. The molecular weight excluding hydrogens is 252 g/mol. The van der Waals surface area contributed by atoms with Crippen molar-refractivity contribution < 1.29 is 8.78 Å². The van der Waals surface area contributed by atoms with Gasteiger partial charge < -0.3 is 5.32 Å². The van der Waals surface area contributed by atoms with E-state index < -0.39 is 0 Å². The van der Waals surface area contributed by atoms with Crippen LogP contribution < -0.4 is 5.32 Å². The van der Waals surface area contributed by atoms with Gasteiger partial charge in [-0.25, -0.2) is 8.78 Å². The SMILES string of the molecule is Cc1cc(F)c(C(C)NCc2cccs2)cc1F. The normalized spacial score (nSPS) is 12.7. The molecule has 18 heavy (non-hydrogen) atoms. The van der Waals surface area contributed by atoms with Gasteiger partial charge in [0.05, 0.1) is 0 Å². The molecule has 0 amide bonds. The van der Waals surface area contributed by atoms with Gasteiger partial charge in [0, 0.05) is 23.0 Å². The lowest BCUT2D eigenvalue weighted by Gasteiger charge is -2.15. The van der Waals surface area contributed by atoms with Gasteiger partial charge in [-0.05, 0) is 43.0 Å². The fraction of sp³-hybridized carbons (Fsp3) is 0.286. The Morgan fingerprint density at radius 3 is 2.72 bits per heavy atom. The quantitative estimate of drug-likeness (QED) is 0.876. The van der Waals surface area contributed by atoms with E-state index in [0.29, 0.717) is 17.7 Å². The first kappa shape index (κ1) is 13.2. The Labute approximate surface area is 109 Å². The van der Waals surface area contributed by atoms with E-state index in [1.54, 1.807) is 18.3 Å². The Morgan fingerprint density at radius 1 is 1.28 bits per heavy atom. The van der Waals surface area contributed by atoms with Gasteiger partial charge >= 0.3 is 0 Å². The third kappa shape index (κ3) is 2.94. The second kappa shape index (κ2) is 5.59. The molecule has 1 aromatic carbocycles. The van der Waals surface area contributed by atoms with Crippen molar-refractivity contribution in [2.24, 2.45) is 0 Å². The molecule has 0 aliphatic carbocycles. The van der Waals surface area contributed by atoms with Crippen LogP contribution in [0, 0.1) is 18.6 Å². The van der Waals surface area contributed by atoms with E-state index >= 15 is 0 Å². The molecular formula is C14H15F2NS. The molecule has 1 atom stereocenters. The van der Waals surface area contributed by atoms with Crippen molar-refractivity contribution >= 4 is 11.3 Å². The summed E-state index contributed by atoms with van der Waals surface area (Å²) in [7, 11) is 0. The molecule has 0 saturated carbocycles. The Balaban J connectivity index is 2.09. The van der Waals surface area contributed by atoms with Crippen LogP contribution in [0.25, 0.3) is 0 Å². The highest BCUT2D eigenvalue weighted by Gasteiger charge is 2.13. The molecule has 0 fully saturated rings. The molecule has 4 heteroatoms. The summed E-state index contributed by atoms with van der Waals surface area (Å²) in [6.45, 7) is 4.06. The topological polar surface area (TPSA) is 12.0 Å². The van der Waals surface area contributed by atoms with Crippen molar-refractivity contribution in [1.82, 2.24) is 5.32 Å². The first-order valence-electron chi connectivity index (χ1n) is 5.79. The van der Waals surface area contributed by atoms with Crippen LogP contribution in [-0.2, 0) is 6.54 Å². The summed E-state index contributed by atoms with van der Waals surface area (Å²) in [5.74, 6) is -0.726. The molecule has 1 nitrogen and oxygen atoms in total. The third-order valence-electron chi connectivity index (χ3n) is 2.91. The maximum absolute atomic E-state index is 13.7. The maximum atomic E-state index is 13.7. The fourth-order valence-corrected chi connectivity index (χ4v) is 2.43. The zero-order chi connectivity index (χ0) is 13.1. The van der Waals surface area contributed by atoms with Crippen LogP contribution in [0.4, 0.5) is 8.78 Å². The summed E-state index contributed by atoms with van der Waals surface area (Å²) in [6.07, 6.45) is 0. The van der Waals surface area contributed by atoms with Gasteiger partial charge in [0.2, 0.25) is 0 Å². The predicted molar refractivity (Wildman–Crippen MR) is 70.7 cm³/mol. The lowest BCUT2D eigenvalue weighted by Crippen LogP contribution is -2.19. The molecule has 0 spiro atoms. The van der Waals surface area contributed by atoms with Gasteiger partial charge in [-0.1, -0.05) is 6.07 Å². The number of rotatable bonds is 4. The lowest BCUT2D eigenvalue weighted by molar-refractivity contribution is 0.518. The molecule has 0 saturated heterocycles. The first-order valence-corrected chi connectivity index (χ1v) is 6.67. The molecule has 2 aromatic rings. The van der Waals surface area contributed by atoms with Crippen LogP contribution in [0.2, 0.25) is 0 Å². The van der Waals surface area contributed by atoms with E-state index in [9.17, 15) is 8.78 Å². The molecule has 1 aromatic heterocycles. The van der Waals surface area contributed by atoms with Crippen molar-refractivity contribution in [2.45, 2.75) is 26.4 Å². The first-order chi connectivity index (χ1) is 8.58. The van der Waals surface area contributed by atoms with E-state index in [1.807, 2.05) is 24.4 Å². The van der Waals surface area contributed by atoms with Crippen molar-refractivity contribution in [3.63, 3.8) is 0 Å². The minimum absolute atomic E-state index is 0.220. The minimum atomic E-state index is -0.365. The Kier molecular flexibility index (Phi) is 4.09. The van der Waals surface area contributed by atoms with E-state index in [0.717, 1.165) is 0 Å². The average Bonchev–Trinajstić information content (AvgIpc) is 2.84. The van der Waals surface area contributed by atoms with Crippen molar-refractivity contribution in [3.8, 4) is 0 Å². The Hall–Kier alpha value is -1.26. The zero-order valence-electron chi connectivity index (χ0n) is 10.3. The Bertz CT molecular complexity index is 523. The van der Waals surface area contributed by atoms with Gasteiger partial charge in [-0.2, -0.15) is 0 Å². The fourth-order valence-electron chi connectivity index (χ4n) is 1.77. The number of nitrogens with one attached hydrogen (secondary N) is 1. The molecule has 1 heterocycles. The highest BCUT2D eigenvalue weighted by Crippen LogP contribution is 2.21. The zero-order valence-corrected chi connectivity index (χ0v) is 11.2. The number of hydrogen-bond donors (Lipinski definition) is 1. The van der Waals surface area contributed by atoms with Crippen LogP contribution in [0.3, 0.4) is 0 Å². The van der Waals surface area contributed by atoms with Crippen LogP contribution in [0.1, 0.15) is 29.0 Å². The number of benzene rings is 1. The minimum Gasteiger partial charge on any atom is -0.305 e. The summed E-state index contributed by atoms with van der Waals surface area (Å²) >= 11 is 1.64. The van der Waals surface area contributed by atoms with Gasteiger partial charge in [-0.3, -0.25) is 0 Å². The van der Waals surface area contributed by atoms with Crippen molar-refractivity contribution in [1.29, 1.82) is 0 Å². The second-order valence-electron chi connectivity index (χ2n) is 4.30. The van der Waals surface area contributed by atoms with E-state index in [1.165, 1.54) is 17.0 Å². The molecule has 0 aliphatic heterocycles. The standard InChI is InChI=1S/C14H15F2NS/c1-9-6-14(16)12(7-13(9)15)10(2)17-8-11-4-3-5-18-11/h3-7,10,17H,8H2,1-2H3. The molecule has 2 rings (SSSR count). The summed E-state index contributed by atoms with van der Waals surface area (Å²) < 4.78 is 27.2. The third-order valence-corrected chi connectivity index (χ3v) is 3.78. The van der Waals surface area contributed by atoms with E-state index in [-0.39, 0.29) is 17.7 Å². The van der Waals surface area contributed by atoms with E-state index in [2.05, 4.69) is 5.32 Å². The molecule has 1 unspecified atom stereocenters. The van der Waals surface area contributed by atoms with Gasteiger partial charge in [0.1, 0.15) is 11.6 Å². The molecule has 1 N–H and O–H groups in total. The van der Waals surface area contributed by atoms with Crippen LogP contribution in [0.5, 0.6) is 0 Å². The summed E-state index contributed by atoms with van der Waals surface area (Å²) in [6, 6.07) is 6.28. The van der Waals surface area contributed by atoms with Crippen LogP contribution in [-0.4, -0.2) is 0 Å². The number of aryl methyl sites for hydroxylation is 1. The number of hydrogen-bond acceptors (Lipinski definition) is 2. The van der Waals surface area contributed by atoms with Gasteiger partial charge in [0.25, 0.3) is 0 Å². The largest absolute Gasteiger partial charge is 0.305 e. The number of thiophene rings is 1. The van der Waals surface area contributed by atoms with Crippen molar-refractivity contribution in [2.75, 3.05) is 0 Å². The van der Waals surface area contributed by atoms with Crippen LogP contribution >= 0.6 is 11.3 Å². The summed E-state index contributed by atoms with van der Waals surface area (Å²) in [5.41, 5.74) is 0.705. The van der Waals surface area contributed by atoms with Crippen molar-refractivity contribution in [3.05, 3.63) is 57.3 Å². The van der Waals surface area contributed by atoms with Gasteiger partial charge in [-0.15, -0.1) is 11.3 Å². The lowest BCUT2D eigenvalue weighted by atomic mass is 10.1. The van der Waals surface area contributed by atoms with E-state index in [4.69, 9.17) is 0 Å². The Morgan fingerprint density at radius 2 is 2.06 bits per heavy atom. The monoisotopic (exact) mass is 267 g/mol. The summed E-state index contributed by atoms with van der Waals surface area (Å²) in [4.78, 5) is 1.18. The average molecular weight is 267 g/mol. The maximum Gasteiger partial charge on any atom is 0.128 e. The van der Waals surface area contributed by atoms with Gasteiger partial charge in [0.15, 0.2) is 0 Å². The van der Waals surface area contributed by atoms with Crippen LogP contribution in [0.15, 0.2) is 29.6 Å². The smallest absolute Gasteiger partial charge is 0.128 e. The molecule has 0 radical (unpaired) electrons. The predicted octanol–water partition coefficient (Wildman–Crippen LogP) is 4.19. The number of halogens is 2. The molecule has 0 bridgehead atoms. The molecule has 0 aliphatic rings. The summed E-state index contributed by atoms with van der Waals surface area (Å²) in [5, 5.41) is 5.19.